The highest BCUT2D eigenvalue weighted by molar-refractivity contribution is 7.18. The Balaban J connectivity index is 2.55. The first kappa shape index (κ1) is 11.9. The highest BCUT2D eigenvalue weighted by atomic mass is 32.1. The minimum Gasteiger partial charge on any atom is -0.496 e. The summed E-state index contributed by atoms with van der Waals surface area (Å²) >= 11 is 1.52. The molecule has 1 heterocycles. The molecule has 1 aromatic carbocycles. The molecule has 2 aromatic rings. The van der Waals surface area contributed by atoms with E-state index in [4.69, 9.17) is 4.74 Å². The van der Waals surface area contributed by atoms with Crippen molar-refractivity contribution < 1.29 is 4.74 Å². The van der Waals surface area contributed by atoms with E-state index < -0.39 is 0 Å². The van der Waals surface area contributed by atoms with Crippen molar-refractivity contribution >= 4 is 16.5 Å². The number of rotatable bonds is 3. The van der Waals surface area contributed by atoms with Crippen molar-refractivity contribution in [1.29, 1.82) is 0 Å². The van der Waals surface area contributed by atoms with E-state index in [9.17, 15) is 0 Å². The Labute approximate surface area is 105 Å². The van der Waals surface area contributed by atoms with Crippen LogP contribution in [0.1, 0.15) is 11.1 Å². The minimum atomic E-state index is 0.806. The fourth-order valence-corrected chi connectivity index (χ4v) is 2.37. The van der Waals surface area contributed by atoms with E-state index in [0.29, 0.717) is 0 Å². The quantitative estimate of drug-likeness (QED) is 0.908. The molecule has 0 unspecified atom stereocenters. The number of aromatic nitrogens is 2. The van der Waals surface area contributed by atoms with Gasteiger partial charge in [-0.05, 0) is 31.0 Å². The van der Waals surface area contributed by atoms with Gasteiger partial charge in [-0.2, -0.15) is 0 Å². The summed E-state index contributed by atoms with van der Waals surface area (Å²) in [5, 5.41) is 12.9. The average Bonchev–Trinajstić information content (AvgIpc) is 2.81. The molecule has 0 aliphatic rings. The van der Waals surface area contributed by atoms with E-state index in [1.807, 2.05) is 13.1 Å². The molecule has 0 bridgehead atoms. The third-order valence-corrected chi connectivity index (χ3v) is 3.72. The van der Waals surface area contributed by atoms with Gasteiger partial charge in [0.2, 0.25) is 5.13 Å². The Bertz CT molecular complexity index is 537. The van der Waals surface area contributed by atoms with Gasteiger partial charge in [0.05, 0.1) is 12.7 Å². The van der Waals surface area contributed by atoms with E-state index in [0.717, 1.165) is 27.0 Å². The highest BCUT2D eigenvalue weighted by Crippen LogP contribution is 2.36. The normalized spacial score (nSPS) is 10.4. The summed E-state index contributed by atoms with van der Waals surface area (Å²) in [6.45, 7) is 4.12. The van der Waals surface area contributed by atoms with Crippen molar-refractivity contribution in [3.63, 3.8) is 0 Å². The van der Waals surface area contributed by atoms with Crippen molar-refractivity contribution in [1.82, 2.24) is 10.2 Å². The van der Waals surface area contributed by atoms with Gasteiger partial charge >= 0.3 is 0 Å². The molecule has 1 aromatic heterocycles. The Hall–Kier alpha value is -1.62. The molecule has 0 amide bonds. The van der Waals surface area contributed by atoms with Gasteiger partial charge < -0.3 is 10.1 Å². The van der Waals surface area contributed by atoms with Crippen LogP contribution in [-0.2, 0) is 0 Å². The molecule has 4 nitrogen and oxygen atoms in total. The molecule has 0 aliphatic carbocycles. The number of aryl methyl sites for hydroxylation is 1. The molecule has 0 saturated carbocycles. The molecule has 1 N–H and O–H groups in total. The first-order valence-corrected chi connectivity index (χ1v) is 6.15. The van der Waals surface area contributed by atoms with Crippen LogP contribution in [0.15, 0.2) is 12.1 Å². The lowest BCUT2D eigenvalue weighted by molar-refractivity contribution is 0.413. The van der Waals surface area contributed by atoms with Crippen LogP contribution in [-0.4, -0.2) is 24.4 Å². The number of hydrogen-bond acceptors (Lipinski definition) is 5. The SMILES string of the molecule is CNc1nnc(-c2ccc(C)c(C)c2OC)s1. The van der Waals surface area contributed by atoms with Crippen molar-refractivity contribution in [3.05, 3.63) is 23.3 Å². The van der Waals surface area contributed by atoms with Crippen molar-refractivity contribution in [2.24, 2.45) is 0 Å². The number of hydrogen-bond donors (Lipinski definition) is 1. The summed E-state index contributed by atoms with van der Waals surface area (Å²) in [5.74, 6) is 0.879. The molecule has 0 spiro atoms. The third-order valence-electron chi connectivity index (χ3n) is 2.75. The van der Waals surface area contributed by atoms with Crippen LogP contribution in [0.4, 0.5) is 5.13 Å². The molecular formula is C12H15N3OS. The summed E-state index contributed by atoms with van der Waals surface area (Å²) in [5.41, 5.74) is 3.35. The smallest absolute Gasteiger partial charge is 0.205 e. The topological polar surface area (TPSA) is 47.0 Å². The molecular weight excluding hydrogens is 234 g/mol. The van der Waals surface area contributed by atoms with E-state index in [2.05, 4.69) is 35.4 Å². The van der Waals surface area contributed by atoms with Crippen LogP contribution in [0, 0.1) is 13.8 Å². The van der Waals surface area contributed by atoms with Gasteiger partial charge in [-0.3, -0.25) is 0 Å². The van der Waals surface area contributed by atoms with Gasteiger partial charge in [0.25, 0.3) is 0 Å². The average molecular weight is 249 g/mol. The lowest BCUT2D eigenvalue weighted by atomic mass is 10.0. The van der Waals surface area contributed by atoms with E-state index >= 15 is 0 Å². The van der Waals surface area contributed by atoms with Gasteiger partial charge in [-0.25, -0.2) is 0 Å². The first-order valence-electron chi connectivity index (χ1n) is 5.33. The van der Waals surface area contributed by atoms with E-state index in [1.165, 1.54) is 16.9 Å². The lowest BCUT2D eigenvalue weighted by Gasteiger charge is -2.11. The maximum atomic E-state index is 5.47. The molecule has 0 aliphatic heterocycles. The van der Waals surface area contributed by atoms with Crippen LogP contribution < -0.4 is 10.1 Å². The van der Waals surface area contributed by atoms with Crippen LogP contribution in [0.2, 0.25) is 0 Å². The van der Waals surface area contributed by atoms with Crippen LogP contribution in [0.25, 0.3) is 10.6 Å². The van der Waals surface area contributed by atoms with Crippen LogP contribution in [0.5, 0.6) is 5.75 Å². The Morgan fingerprint density at radius 3 is 2.59 bits per heavy atom. The molecule has 90 valence electrons. The van der Waals surface area contributed by atoms with E-state index in [-0.39, 0.29) is 0 Å². The largest absolute Gasteiger partial charge is 0.496 e. The number of methoxy groups -OCH3 is 1. The Morgan fingerprint density at radius 1 is 1.24 bits per heavy atom. The van der Waals surface area contributed by atoms with Gasteiger partial charge in [0.15, 0.2) is 5.01 Å². The maximum absolute atomic E-state index is 5.47. The summed E-state index contributed by atoms with van der Waals surface area (Å²) < 4.78 is 5.47. The fraction of sp³-hybridized carbons (Fsp3) is 0.333. The second kappa shape index (κ2) is 4.71. The molecule has 0 radical (unpaired) electrons. The first-order chi connectivity index (χ1) is 8.17. The number of nitrogens with zero attached hydrogens (tertiary/aromatic N) is 2. The zero-order chi connectivity index (χ0) is 12.4. The molecule has 2 rings (SSSR count). The second-order valence-electron chi connectivity index (χ2n) is 3.75. The molecule has 5 heteroatoms. The summed E-state index contributed by atoms with van der Waals surface area (Å²) in [6.07, 6.45) is 0. The van der Waals surface area contributed by atoms with Gasteiger partial charge in [0, 0.05) is 7.05 Å². The Kier molecular flexibility index (Phi) is 3.28. The predicted octanol–water partition coefficient (Wildman–Crippen LogP) is 2.87. The standard InChI is InChI=1S/C12H15N3OS/c1-7-5-6-9(10(16-4)8(7)2)11-14-15-12(13-3)17-11/h5-6H,1-4H3,(H,13,15). The summed E-state index contributed by atoms with van der Waals surface area (Å²) in [6, 6.07) is 4.11. The lowest BCUT2D eigenvalue weighted by Crippen LogP contribution is -1.93. The Morgan fingerprint density at radius 2 is 2.00 bits per heavy atom. The van der Waals surface area contributed by atoms with Crippen LogP contribution in [0.3, 0.4) is 0 Å². The van der Waals surface area contributed by atoms with Crippen molar-refractivity contribution in [2.45, 2.75) is 13.8 Å². The van der Waals surface area contributed by atoms with Gasteiger partial charge in [0.1, 0.15) is 5.75 Å². The molecule has 17 heavy (non-hydrogen) atoms. The van der Waals surface area contributed by atoms with Crippen molar-refractivity contribution in [2.75, 3.05) is 19.5 Å². The minimum absolute atomic E-state index is 0.806. The number of benzene rings is 1. The molecule has 0 saturated heterocycles. The predicted molar refractivity (Wildman–Crippen MR) is 70.9 cm³/mol. The monoisotopic (exact) mass is 249 g/mol. The number of ether oxygens (including phenoxy) is 1. The summed E-state index contributed by atoms with van der Waals surface area (Å²) in [4.78, 5) is 0. The maximum Gasteiger partial charge on any atom is 0.205 e. The highest BCUT2D eigenvalue weighted by Gasteiger charge is 2.14. The molecule has 0 atom stereocenters. The number of nitrogens with one attached hydrogen (secondary N) is 1. The summed E-state index contributed by atoms with van der Waals surface area (Å²) in [7, 11) is 3.52. The third kappa shape index (κ3) is 2.10. The van der Waals surface area contributed by atoms with Gasteiger partial charge in [-0.1, -0.05) is 17.4 Å². The van der Waals surface area contributed by atoms with E-state index in [1.54, 1.807) is 7.11 Å². The zero-order valence-electron chi connectivity index (χ0n) is 10.4. The van der Waals surface area contributed by atoms with Gasteiger partial charge in [-0.15, -0.1) is 10.2 Å². The zero-order valence-corrected chi connectivity index (χ0v) is 11.2. The molecule has 0 fully saturated rings. The van der Waals surface area contributed by atoms with Crippen molar-refractivity contribution in [3.8, 4) is 16.3 Å². The number of anilines is 1. The van der Waals surface area contributed by atoms with Crippen LogP contribution >= 0.6 is 11.3 Å². The second-order valence-corrected chi connectivity index (χ2v) is 4.73. The fourth-order valence-electron chi connectivity index (χ4n) is 1.65.